The zero-order valence-corrected chi connectivity index (χ0v) is 25.4. The molecule has 2 fully saturated rings. The number of anilines is 1. The maximum atomic E-state index is 4.35. The van der Waals surface area contributed by atoms with Crippen molar-refractivity contribution in [3.8, 4) is 0 Å². The van der Waals surface area contributed by atoms with Gasteiger partial charge in [0.2, 0.25) is 0 Å². The molecule has 4 aromatic heterocycles. The summed E-state index contributed by atoms with van der Waals surface area (Å²) >= 11 is 0. The summed E-state index contributed by atoms with van der Waals surface area (Å²) in [5.41, 5.74) is 10.4. The monoisotopic (exact) mass is 549 g/mol. The van der Waals surface area contributed by atoms with Crippen LogP contribution in [0.2, 0.25) is 0 Å². The van der Waals surface area contributed by atoms with Gasteiger partial charge in [0.1, 0.15) is 18.2 Å². The van der Waals surface area contributed by atoms with Crippen molar-refractivity contribution < 1.29 is 0 Å². The highest BCUT2D eigenvalue weighted by Crippen LogP contribution is 2.49. The zero-order valence-electron chi connectivity index (χ0n) is 25.4. The molecule has 0 radical (unpaired) electrons. The molecule has 0 N–H and O–H groups in total. The molecule has 7 heteroatoms. The second-order valence-corrected chi connectivity index (χ2v) is 12.7. The van der Waals surface area contributed by atoms with Crippen molar-refractivity contribution in [2.24, 2.45) is 17.3 Å². The van der Waals surface area contributed by atoms with E-state index in [0.717, 1.165) is 29.6 Å². The predicted molar refractivity (Wildman–Crippen MR) is 166 cm³/mol. The molecule has 1 saturated carbocycles. The third kappa shape index (κ3) is 5.22. The first-order valence-electron chi connectivity index (χ1n) is 15.2. The minimum Gasteiger partial charge on any atom is -0.368 e. The van der Waals surface area contributed by atoms with Crippen LogP contribution in [0.5, 0.6) is 0 Å². The normalized spacial score (nSPS) is 20.6. The molecule has 2 aliphatic rings. The van der Waals surface area contributed by atoms with Crippen molar-refractivity contribution in [3.05, 3.63) is 89.4 Å². The van der Waals surface area contributed by atoms with Crippen LogP contribution in [-0.4, -0.2) is 42.3 Å². The molecule has 7 nitrogen and oxygen atoms in total. The van der Waals surface area contributed by atoms with Gasteiger partial charge in [0, 0.05) is 36.8 Å². The van der Waals surface area contributed by atoms with Crippen LogP contribution in [-0.2, 0) is 0 Å². The van der Waals surface area contributed by atoms with E-state index in [1.807, 2.05) is 10.7 Å². The van der Waals surface area contributed by atoms with Crippen molar-refractivity contribution in [2.75, 3.05) is 18.0 Å². The molecule has 1 aliphatic carbocycles. The van der Waals surface area contributed by atoms with Crippen LogP contribution in [0.25, 0.3) is 11.2 Å². The minimum atomic E-state index is 0.414. The Hall–Kier alpha value is -3.74. The molecule has 214 valence electrons. The summed E-state index contributed by atoms with van der Waals surface area (Å²) in [5, 5.41) is 8.46. The second-order valence-electron chi connectivity index (χ2n) is 12.7. The lowest BCUT2D eigenvalue weighted by atomic mass is 9.62. The molecule has 0 bridgehead atoms. The van der Waals surface area contributed by atoms with E-state index in [9.17, 15) is 0 Å². The van der Waals surface area contributed by atoms with Gasteiger partial charge in [-0.15, -0.1) is 0 Å². The van der Waals surface area contributed by atoms with Crippen molar-refractivity contribution in [1.82, 2.24) is 29.2 Å². The van der Waals surface area contributed by atoms with E-state index in [1.165, 1.54) is 65.8 Å². The van der Waals surface area contributed by atoms with Gasteiger partial charge >= 0.3 is 0 Å². The lowest BCUT2D eigenvalue weighted by Gasteiger charge is -2.55. The number of aryl methyl sites for hydroxylation is 3. The van der Waals surface area contributed by atoms with Gasteiger partial charge in [-0.25, -0.2) is 19.0 Å². The highest BCUT2D eigenvalue weighted by Gasteiger charge is 2.47. The van der Waals surface area contributed by atoms with Gasteiger partial charge in [0.15, 0.2) is 5.65 Å². The fraction of sp³-hybridized carbons (Fsp3) is 0.471. The molecule has 1 saturated heterocycles. The molecule has 1 aromatic carbocycles. The average molecular weight is 550 g/mol. The quantitative estimate of drug-likeness (QED) is 0.237. The molecular formula is C34H43N7. The topological polar surface area (TPSA) is 63.6 Å². The van der Waals surface area contributed by atoms with E-state index >= 15 is 0 Å². The molecule has 5 heterocycles. The maximum Gasteiger partial charge on any atom is 0.155 e. The second kappa shape index (κ2) is 10.9. The third-order valence-electron chi connectivity index (χ3n) is 9.78. The van der Waals surface area contributed by atoms with Crippen LogP contribution in [0.15, 0.2) is 61.4 Å². The number of nitrogens with zero attached hydrogens (tertiary/aromatic N) is 7. The summed E-state index contributed by atoms with van der Waals surface area (Å²) in [4.78, 5) is 11.1. The number of benzene rings is 1. The minimum absolute atomic E-state index is 0.414. The number of hydrogen-bond donors (Lipinski definition) is 0. The van der Waals surface area contributed by atoms with Crippen molar-refractivity contribution in [3.63, 3.8) is 0 Å². The Balaban J connectivity index is 0.000000148. The first-order valence-corrected chi connectivity index (χ1v) is 15.2. The third-order valence-corrected chi connectivity index (χ3v) is 9.78. The van der Waals surface area contributed by atoms with Gasteiger partial charge in [-0.2, -0.15) is 10.2 Å². The summed E-state index contributed by atoms with van der Waals surface area (Å²) in [7, 11) is 0. The molecule has 7 rings (SSSR count). The number of hydrogen-bond acceptors (Lipinski definition) is 5. The van der Waals surface area contributed by atoms with E-state index in [1.54, 1.807) is 17.2 Å². The Morgan fingerprint density at radius 1 is 0.902 bits per heavy atom. The van der Waals surface area contributed by atoms with Crippen LogP contribution in [0, 0.1) is 38.0 Å². The molecular weight excluding hydrogens is 506 g/mol. The summed E-state index contributed by atoms with van der Waals surface area (Å²) < 4.78 is 3.76. The van der Waals surface area contributed by atoms with Crippen LogP contribution in [0.4, 0.5) is 5.69 Å². The molecule has 5 aromatic rings. The first-order chi connectivity index (χ1) is 19.8. The standard InChI is InChI=1S/C17H24N4.C17H19N3/c1-12-4-6-17(8-13(12)2)9-20(10-17)15-5-7-21-16(15)14(3)18-11-19-21;1-4-15(16-6-5-12(2)9-13(16)3)14-7-8-20-17(10-14)18-11-19-20/h5,7,11-13H,4,6,8-10H2,1-3H3;5-11,15H,4H2,1-3H3/t12?,13-;/m0./s1. The average Bonchev–Trinajstić information content (AvgIpc) is 3.59. The van der Waals surface area contributed by atoms with Crippen LogP contribution in [0.3, 0.4) is 0 Å². The molecule has 2 unspecified atom stereocenters. The van der Waals surface area contributed by atoms with Gasteiger partial charge in [0.05, 0.1) is 11.4 Å². The molecule has 0 amide bonds. The molecule has 1 aliphatic heterocycles. The van der Waals surface area contributed by atoms with Gasteiger partial charge in [-0.05, 0) is 93.2 Å². The van der Waals surface area contributed by atoms with Gasteiger partial charge < -0.3 is 4.90 Å². The highest BCUT2D eigenvalue weighted by molar-refractivity contribution is 5.76. The van der Waals surface area contributed by atoms with Gasteiger partial charge in [0.25, 0.3) is 0 Å². The van der Waals surface area contributed by atoms with E-state index < -0.39 is 0 Å². The SMILES string of the molecule is CCC(c1ccn2ncnc2c1)c1ccc(C)cc1C.Cc1ncnn2ccc(N3CC4(CCC(C)[C@@H](C)C4)C3)c12. The number of aromatic nitrogens is 6. The number of fused-ring (bicyclic) bond motifs is 2. The van der Waals surface area contributed by atoms with E-state index in [2.05, 4.69) is 109 Å². The fourth-order valence-corrected chi connectivity index (χ4v) is 7.27. The molecule has 3 atom stereocenters. The lowest BCUT2D eigenvalue weighted by Crippen LogP contribution is -2.58. The summed E-state index contributed by atoms with van der Waals surface area (Å²) in [6.45, 7) is 15.9. The Labute approximate surface area is 243 Å². The summed E-state index contributed by atoms with van der Waals surface area (Å²) in [6.07, 6.45) is 12.5. The van der Waals surface area contributed by atoms with Crippen LogP contribution >= 0.6 is 0 Å². The van der Waals surface area contributed by atoms with Crippen molar-refractivity contribution >= 4 is 16.9 Å². The number of rotatable bonds is 4. The van der Waals surface area contributed by atoms with E-state index in [0.29, 0.717) is 11.3 Å². The Kier molecular flexibility index (Phi) is 7.30. The molecule has 1 spiro atoms. The Morgan fingerprint density at radius 3 is 2.41 bits per heavy atom. The lowest BCUT2D eigenvalue weighted by molar-refractivity contribution is 0.0735. The first kappa shape index (κ1) is 27.4. The van der Waals surface area contributed by atoms with Gasteiger partial charge in [-0.3, -0.25) is 0 Å². The summed E-state index contributed by atoms with van der Waals surface area (Å²) in [6, 6.07) is 13.2. The van der Waals surface area contributed by atoms with Crippen LogP contribution in [0.1, 0.15) is 80.3 Å². The molecule has 41 heavy (non-hydrogen) atoms. The zero-order chi connectivity index (χ0) is 28.7. The van der Waals surface area contributed by atoms with E-state index in [4.69, 9.17) is 0 Å². The Bertz CT molecular complexity index is 1660. The largest absolute Gasteiger partial charge is 0.368 e. The predicted octanol–water partition coefficient (Wildman–Crippen LogP) is 7.19. The van der Waals surface area contributed by atoms with Gasteiger partial charge in [-0.1, -0.05) is 44.5 Å². The summed E-state index contributed by atoms with van der Waals surface area (Å²) in [5.74, 6) is 2.18. The fourth-order valence-electron chi connectivity index (χ4n) is 7.27. The van der Waals surface area contributed by atoms with E-state index in [-0.39, 0.29) is 0 Å². The Morgan fingerprint density at radius 2 is 1.66 bits per heavy atom. The smallest absolute Gasteiger partial charge is 0.155 e. The van der Waals surface area contributed by atoms with Crippen molar-refractivity contribution in [2.45, 2.75) is 73.1 Å². The van der Waals surface area contributed by atoms with Crippen molar-refractivity contribution in [1.29, 1.82) is 0 Å². The maximum absolute atomic E-state index is 4.35. The number of pyridine rings is 1. The highest BCUT2D eigenvalue weighted by atomic mass is 15.3. The van der Waals surface area contributed by atoms with Crippen LogP contribution < -0.4 is 4.90 Å².